The molecule has 0 radical (unpaired) electrons. The van der Waals surface area contributed by atoms with Crippen molar-refractivity contribution in [3.8, 4) is 6.07 Å². The van der Waals surface area contributed by atoms with E-state index < -0.39 is 125 Å². The Morgan fingerprint density at radius 3 is 1.93 bits per heavy atom. The molecule has 29 heteroatoms. The van der Waals surface area contributed by atoms with Gasteiger partial charge >= 0.3 is 50.4 Å². The van der Waals surface area contributed by atoms with Crippen molar-refractivity contribution in [2.24, 2.45) is 0 Å². The summed E-state index contributed by atoms with van der Waals surface area (Å²) in [4.78, 5) is 96.2. The first kappa shape index (κ1) is 47.9. The maximum atomic E-state index is 13.8. The summed E-state index contributed by atoms with van der Waals surface area (Å²) in [5.41, 5.74) is 6.21. The van der Waals surface area contributed by atoms with Crippen LogP contribution in [0.4, 0.5) is 5.82 Å². The number of aromatic nitrogens is 4. The highest BCUT2D eigenvalue weighted by Gasteiger charge is 2.56. The Labute approximate surface area is 344 Å². The first-order valence-electron chi connectivity index (χ1n) is 17.4. The molecule has 0 aliphatic carbocycles. The molecule has 2 saturated heterocycles. The lowest BCUT2D eigenvalue weighted by Gasteiger charge is -2.44. The Balaban J connectivity index is 1.67. The van der Waals surface area contributed by atoms with E-state index in [0.717, 1.165) is 47.9 Å². The van der Waals surface area contributed by atoms with E-state index in [1.807, 2.05) is 0 Å². The van der Waals surface area contributed by atoms with Gasteiger partial charge in [0.25, 0.3) is 0 Å². The molecule has 0 spiro atoms. The Hall–Kier alpha value is -4.74. The number of ether oxygens (including phenoxy) is 8. The molecular formula is C31H40N6O20P2S. The molecule has 11 atom stereocenters. The quantitative estimate of drug-likeness (QED) is 0.0892. The predicted octanol–water partition coefficient (Wildman–Crippen LogP) is 0.557. The Kier molecular flexibility index (Phi) is 16.5. The topological polar surface area (TPSA) is 344 Å². The minimum atomic E-state index is -5.69. The molecule has 0 bridgehead atoms. The third-order valence-corrected chi connectivity index (χ3v) is 12.1. The smallest absolute Gasteiger partial charge is 0.463 e. The molecule has 330 valence electrons. The number of nitrogens with zero attached hydrogens (tertiary/aromatic N) is 5. The van der Waals surface area contributed by atoms with E-state index in [1.165, 1.54) is 10.9 Å². The van der Waals surface area contributed by atoms with Gasteiger partial charge in [0, 0.05) is 41.5 Å². The largest absolute Gasteiger partial charge is 0.481 e. The zero-order valence-corrected chi connectivity index (χ0v) is 35.1. The zero-order chi connectivity index (χ0) is 44.5. The number of rotatable bonds is 18. The van der Waals surface area contributed by atoms with Crippen LogP contribution in [0.25, 0.3) is 11.2 Å². The molecule has 60 heavy (non-hydrogen) atoms. The van der Waals surface area contributed by atoms with E-state index in [9.17, 15) is 38.2 Å². The Bertz CT molecular complexity index is 2080. The van der Waals surface area contributed by atoms with Crippen molar-refractivity contribution in [2.75, 3.05) is 25.6 Å². The molecule has 2 aliphatic rings. The predicted molar refractivity (Wildman–Crippen MR) is 195 cm³/mol. The third kappa shape index (κ3) is 12.9. The van der Waals surface area contributed by atoms with Crippen LogP contribution in [0.2, 0.25) is 0 Å². The summed E-state index contributed by atoms with van der Waals surface area (Å²) in [5.74, 6) is -5.51. The minimum absolute atomic E-state index is 0.00374. The summed E-state index contributed by atoms with van der Waals surface area (Å²) >= 11 is 5.44. The van der Waals surface area contributed by atoms with Crippen LogP contribution in [-0.4, -0.2) is 129 Å². The number of nitriles is 1. The van der Waals surface area contributed by atoms with Crippen molar-refractivity contribution in [1.82, 2.24) is 19.5 Å². The van der Waals surface area contributed by atoms with Crippen LogP contribution in [0.15, 0.2) is 12.7 Å². The van der Waals surface area contributed by atoms with Gasteiger partial charge in [-0.15, -0.1) is 0 Å². The molecule has 4 heterocycles. The fourth-order valence-electron chi connectivity index (χ4n) is 5.78. The van der Waals surface area contributed by atoms with Gasteiger partial charge in [0.2, 0.25) is 6.29 Å². The van der Waals surface area contributed by atoms with E-state index in [1.54, 1.807) is 6.07 Å². The fraction of sp³-hybridized carbons (Fsp3) is 0.613. The summed E-state index contributed by atoms with van der Waals surface area (Å²) in [7, 11) is -5.69. The van der Waals surface area contributed by atoms with E-state index in [-0.39, 0.29) is 23.4 Å². The number of phosphoric ester groups is 1. The second kappa shape index (κ2) is 20.7. The van der Waals surface area contributed by atoms with Crippen LogP contribution >= 0.6 is 14.5 Å². The number of fused-ring (bicyclic) bond motifs is 1. The van der Waals surface area contributed by atoms with Crippen molar-refractivity contribution in [2.45, 2.75) is 103 Å². The summed E-state index contributed by atoms with van der Waals surface area (Å²) in [6, 6.07) is 1.78. The monoisotopic (exact) mass is 910 g/mol. The maximum Gasteiger partial charge on any atom is 0.481 e. The van der Waals surface area contributed by atoms with Gasteiger partial charge in [0.1, 0.15) is 30.7 Å². The van der Waals surface area contributed by atoms with E-state index in [2.05, 4.69) is 15.0 Å². The van der Waals surface area contributed by atoms with Crippen molar-refractivity contribution in [3.05, 3.63) is 12.7 Å². The molecule has 0 aromatic carbocycles. The van der Waals surface area contributed by atoms with E-state index in [4.69, 9.17) is 78.6 Å². The number of imidazole rings is 1. The van der Waals surface area contributed by atoms with Gasteiger partial charge in [-0.2, -0.15) is 5.26 Å². The fourth-order valence-corrected chi connectivity index (χ4v) is 9.63. The maximum absolute atomic E-state index is 13.8. The standard InChI is InChI=1S/C31H40N6O20P2S/c1-14(38)46-10-20-23(49-15(2)39)25(51-17(4)41)27(53-19(6)43)31(55-20)56-58(44,45)57-59(60,47-9-7-8-32)48-11-21-24(50-16(3)40)26(52-18(5)42)30(54-21)37-13-36-22-28(33)34-12-35-29(22)37/h12-13,20-21,23-27,30-31H,7,9-11H2,1-6H3,(H,44,45)(H2,33,34,35)/t20-,21-,23-,24-,25+,26-,27+,30-,31+,59?/m1/s1. The summed E-state index contributed by atoms with van der Waals surface area (Å²) < 4.78 is 80.6. The summed E-state index contributed by atoms with van der Waals surface area (Å²) in [6.45, 7) is -0.602. The minimum Gasteiger partial charge on any atom is -0.463 e. The highest BCUT2D eigenvalue weighted by Crippen LogP contribution is 2.65. The normalized spacial score (nSPS) is 27.0. The lowest BCUT2D eigenvalue weighted by molar-refractivity contribution is -0.291. The van der Waals surface area contributed by atoms with Crippen LogP contribution in [0.1, 0.15) is 54.2 Å². The van der Waals surface area contributed by atoms with Crippen LogP contribution in [0.3, 0.4) is 0 Å². The molecule has 0 saturated carbocycles. The van der Waals surface area contributed by atoms with Crippen molar-refractivity contribution in [1.29, 1.82) is 5.26 Å². The van der Waals surface area contributed by atoms with Gasteiger partial charge in [-0.05, 0) is 11.8 Å². The van der Waals surface area contributed by atoms with Gasteiger partial charge in [-0.1, -0.05) is 0 Å². The first-order chi connectivity index (χ1) is 28.1. The van der Waals surface area contributed by atoms with Crippen LogP contribution in [-0.2, 0) is 101 Å². The molecule has 2 aromatic rings. The molecule has 2 unspecified atom stereocenters. The molecule has 3 N–H and O–H groups in total. The summed E-state index contributed by atoms with van der Waals surface area (Å²) in [6.07, 6.45) is -12.7. The lowest BCUT2D eigenvalue weighted by Crippen LogP contribution is -2.62. The molecule has 0 amide bonds. The van der Waals surface area contributed by atoms with E-state index in [0.29, 0.717) is 0 Å². The van der Waals surface area contributed by atoms with Gasteiger partial charge < -0.3 is 57.6 Å². The lowest BCUT2D eigenvalue weighted by atomic mass is 9.98. The van der Waals surface area contributed by atoms with Crippen molar-refractivity contribution >= 4 is 79.1 Å². The number of carbonyl (C=O) groups excluding carboxylic acids is 6. The van der Waals surface area contributed by atoms with E-state index >= 15 is 0 Å². The van der Waals surface area contributed by atoms with Crippen LogP contribution < -0.4 is 5.73 Å². The second-order valence-corrected chi connectivity index (χ2v) is 17.1. The van der Waals surface area contributed by atoms with Gasteiger partial charge in [0.15, 0.2) is 48.2 Å². The van der Waals surface area contributed by atoms with Crippen molar-refractivity contribution in [3.63, 3.8) is 0 Å². The number of hydrogen-bond donors (Lipinski definition) is 2. The third-order valence-electron chi connectivity index (χ3n) is 7.80. The van der Waals surface area contributed by atoms with Crippen LogP contribution in [0.5, 0.6) is 0 Å². The number of nitrogen functional groups attached to an aromatic ring is 1. The molecule has 26 nitrogen and oxygen atoms in total. The van der Waals surface area contributed by atoms with Gasteiger partial charge in [-0.25, -0.2) is 23.8 Å². The number of nitrogens with two attached hydrogens (primary N) is 1. The number of phosphoric acid groups is 1. The number of esters is 6. The molecule has 2 fully saturated rings. The Morgan fingerprint density at radius 1 is 0.800 bits per heavy atom. The van der Waals surface area contributed by atoms with Crippen LogP contribution in [0, 0.1) is 11.3 Å². The average Bonchev–Trinajstić information content (AvgIpc) is 3.69. The number of carbonyl (C=O) groups is 6. The van der Waals surface area contributed by atoms with Gasteiger partial charge in [0.05, 0.1) is 32.0 Å². The highest BCUT2D eigenvalue weighted by molar-refractivity contribution is 8.08. The molecule has 2 aromatic heterocycles. The second-order valence-electron chi connectivity index (χ2n) is 12.5. The molecular weight excluding hydrogens is 870 g/mol. The molecule has 4 rings (SSSR count). The first-order valence-corrected chi connectivity index (χ1v) is 21.4. The number of hydrogen-bond acceptors (Lipinski definition) is 25. The van der Waals surface area contributed by atoms with Crippen molar-refractivity contribution < 1.29 is 94.0 Å². The van der Waals surface area contributed by atoms with Gasteiger partial charge in [-0.3, -0.25) is 37.9 Å². The zero-order valence-electron chi connectivity index (χ0n) is 32.5. The SMILES string of the molecule is CC(=O)OC[C@H]1O[C@@H](OP(=O)(O)OP(=S)(OCCC#N)OC[C@H]2O[C@@H](n3cnc4c(N)ncnc43)[C@H](OC(C)=O)[C@@H]2OC(C)=O)[C@@H](OC(C)=O)[C@@H](OC(C)=O)[C@@H]1OC(C)=O. The summed E-state index contributed by atoms with van der Waals surface area (Å²) in [5, 5.41) is 9.16. The average molecular weight is 911 g/mol. The number of anilines is 1. The highest BCUT2D eigenvalue weighted by atomic mass is 32.5. The molecule has 2 aliphatic heterocycles. The Morgan fingerprint density at radius 2 is 1.35 bits per heavy atom.